The smallest absolute Gasteiger partial charge is 0.275 e. The molecule has 0 radical (unpaired) electrons. The summed E-state index contributed by atoms with van der Waals surface area (Å²) in [6, 6.07) is 10.1. The number of aryl methyl sites for hydroxylation is 1. The Morgan fingerprint density at radius 2 is 2.00 bits per heavy atom. The number of aromatic nitrogens is 1. The molecular weight excluding hydrogens is 350 g/mol. The van der Waals surface area contributed by atoms with Crippen molar-refractivity contribution in [3.8, 4) is 9.88 Å². The molecule has 0 spiro atoms. The number of hydrogen-bond donors (Lipinski definition) is 1. The van der Waals surface area contributed by atoms with Crippen molar-refractivity contribution in [2.45, 2.75) is 20.8 Å². The van der Waals surface area contributed by atoms with Crippen LogP contribution in [0.1, 0.15) is 29.9 Å². The lowest BCUT2D eigenvalue weighted by Crippen LogP contribution is -2.22. The molecule has 25 heavy (non-hydrogen) atoms. The lowest BCUT2D eigenvalue weighted by molar-refractivity contribution is 0.102. The zero-order valence-electron chi connectivity index (χ0n) is 14.6. The molecule has 6 heteroatoms. The second-order valence-corrected chi connectivity index (χ2v) is 7.45. The Kier molecular flexibility index (Phi) is 5.50. The minimum atomic E-state index is -0.169. The number of thiazole rings is 1. The molecule has 0 fully saturated rings. The van der Waals surface area contributed by atoms with Crippen LogP contribution in [-0.2, 0) is 0 Å². The molecule has 130 valence electrons. The third-order valence-electron chi connectivity index (χ3n) is 4.06. The van der Waals surface area contributed by atoms with Gasteiger partial charge in [-0.1, -0.05) is 6.07 Å². The van der Waals surface area contributed by atoms with Crippen molar-refractivity contribution < 1.29 is 4.79 Å². The van der Waals surface area contributed by atoms with Crippen LogP contribution < -0.4 is 10.2 Å². The minimum Gasteiger partial charge on any atom is -0.372 e. The van der Waals surface area contributed by atoms with Crippen LogP contribution in [0, 0.1) is 6.92 Å². The SMILES string of the molecule is CCN(CC)c1ccc(NC(=O)c2csc(-c3cccs3)n2)c(C)c1. The number of carbonyl (C=O) groups is 1. The summed E-state index contributed by atoms with van der Waals surface area (Å²) in [7, 11) is 0. The molecule has 0 aliphatic carbocycles. The summed E-state index contributed by atoms with van der Waals surface area (Å²) in [5.41, 5.74) is 3.51. The van der Waals surface area contributed by atoms with Gasteiger partial charge in [0.25, 0.3) is 5.91 Å². The number of nitrogens with one attached hydrogen (secondary N) is 1. The van der Waals surface area contributed by atoms with Crippen LogP contribution in [0.5, 0.6) is 0 Å². The highest BCUT2D eigenvalue weighted by Gasteiger charge is 2.14. The van der Waals surface area contributed by atoms with E-state index in [9.17, 15) is 4.79 Å². The highest BCUT2D eigenvalue weighted by atomic mass is 32.1. The van der Waals surface area contributed by atoms with Crippen molar-refractivity contribution in [1.82, 2.24) is 4.98 Å². The van der Waals surface area contributed by atoms with E-state index in [1.54, 1.807) is 11.3 Å². The monoisotopic (exact) mass is 371 g/mol. The molecule has 2 aromatic heterocycles. The third kappa shape index (κ3) is 3.91. The Morgan fingerprint density at radius 1 is 1.20 bits per heavy atom. The molecule has 0 saturated carbocycles. The fourth-order valence-electron chi connectivity index (χ4n) is 2.65. The van der Waals surface area contributed by atoms with Crippen LogP contribution in [0.3, 0.4) is 0 Å². The predicted octanol–water partition coefficient (Wildman–Crippen LogP) is 5.28. The van der Waals surface area contributed by atoms with Gasteiger partial charge in [-0.3, -0.25) is 4.79 Å². The average molecular weight is 372 g/mol. The molecule has 0 saturated heterocycles. The van der Waals surface area contributed by atoms with Gasteiger partial charge in [0.15, 0.2) is 0 Å². The van der Waals surface area contributed by atoms with Crippen molar-refractivity contribution in [1.29, 1.82) is 0 Å². The number of nitrogens with zero attached hydrogens (tertiary/aromatic N) is 2. The number of rotatable bonds is 6. The molecule has 3 aromatic rings. The Hall–Kier alpha value is -2.18. The molecular formula is C19H21N3OS2. The number of thiophene rings is 1. The van der Waals surface area contributed by atoms with Crippen LogP contribution in [-0.4, -0.2) is 24.0 Å². The summed E-state index contributed by atoms with van der Waals surface area (Å²) >= 11 is 3.12. The van der Waals surface area contributed by atoms with Gasteiger partial charge in [-0.25, -0.2) is 4.98 Å². The maximum Gasteiger partial charge on any atom is 0.275 e. The van der Waals surface area contributed by atoms with Crippen molar-refractivity contribution in [3.63, 3.8) is 0 Å². The van der Waals surface area contributed by atoms with Gasteiger partial charge in [-0.15, -0.1) is 22.7 Å². The lowest BCUT2D eigenvalue weighted by atomic mass is 10.1. The van der Waals surface area contributed by atoms with Gasteiger partial charge in [-0.05, 0) is 56.0 Å². The lowest BCUT2D eigenvalue weighted by Gasteiger charge is -2.22. The number of carbonyl (C=O) groups excluding carboxylic acids is 1. The Morgan fingerprint density at radius 3 is 2.64 bits per heavy atom. The molecule has 1 aromatic carbocycles. The number of anilines is 2. The maximum absolute atomic E-state index is 12.5. The molecule has 2 heterocycles. The van der Waals surface area contributed by atoms with Crippen molar-refractivity contribution >= 4 is 40.0 Å². The van der Waals surface area contributed by atoms with E-state index in [-0.39, 0.29) is 5.91 Å². The molecule has 0 aliphatic heterocycles. The summed E-state index contributed by atoms with van der Waals surface area (Å²) in [6.07, 6.45) is 0. The fraction of sp³-hybridized carbons (Fsp3) is 0.263. The van der Waals surface area contributed by atoms with Crippen LogP contribution in [0.2, 0.25) is 0 Å². The second-order valence-electron chi connectivity index (χ2n) is 5.64. The first-order valence-electron chi connectivity index (χ1n) is 8.28. The summed E-state index contributed by atoms with van der Waals surface area (Å²) < 4.78 is 0. The van der Waals surface area contributed by atoms with Gasteiger partial charge in [0.05, 0.1) is 4.88 Å². The molecule has 1 amide bonds. The van der Waals surface area contributed by atoms with Gasteiger partial charge >= 0.3 is 0 Å². The first-order valence-corrected chi connectivity index (χ1v) is 10.0. The molecule has 1 N–H and O–H groups in total. The minimum absolute atomic E-state index is 0.169. The number of benzene rings is 1. The second kappa shape index (κ2) is 7.80. The number of amides is 1. The van der Waals surface area contributed by atoms with E-state index in [1.807, 2.05) is 41.9 Å². The maximum atomic E-state index is 12.5. The van der Waals surface area contributed by atoms with Gasteiger partial charge < -0.3 is 10.2 Å². The van der Waals surface area contributed by atoms with Crippen LogP contribution in [0.15, 0.2) is 41.1 Å². The highest BCUT2D eigenvalue weighted by Crippen LogP contribution is 2.28. The van der Waals surface area contributed by atoms with E-state index in [0.717, 1.165) is 34.2 Å². The van der Waals surface area contributed by atoms with Crippen LogP contribution >= 0.6 is 22.7 Å². The Balaban J connectivity index is 1.75. The van der Waals surface area contributed by atoms with Gasteiger partial charge in [0, 0.05) is 29.8 Å². The van der Waals surface area contributed by atoms with E-state index in [0.29, 0.717) is 5.69 Å². The average Bonchev–Trinajstić information content (AvgIpc) is 3.29. The van der Waals surface area contributed by atoms with Crippen molar-refractivity contribution in [2.24, 2.45) is 0 Å². The van der Waals surface area contributed by atoms with E-state index >= 15 is 0 Å². The van der Waals surface area contributed by atoms with E-state index in [4.69, 9.17) is 0 Å². The zero-order valence-corrected chi connectivity index (χ0v) is 16.2. The Labute approximate surface area is 156 Å². The molecule has 0 bridgehead atoms. The standard InChI is InChI=1S/C19H21N3OS2/c1-4-22(5-2)14-8-9-15(13(3)11-14)20-18(23)16-12-25-19(21-16)17-7-6-10-24-17/h6-12H,4-5H2,1-3H3,(H,20,23). The largest absolute Gasteiger partial charge is 0.372 e. The van der Waals surface area contributed by atoms with E-state index in [2.05, 4.69) is 35.1 Å². The topological polar surface area (TPSA) is 45.2 Å². The van der Waals surface area contributed by atoms with Gasteiger partial charge in [0.1, 0.15) is 10.7 Å². The summed E-state index contributed by atoms with van der Waals surface area (Å²) in [5.74, 6) is -0.169. The molecule has 0 atom stereocenters. The quantitative estimate of drug-likeness (QED) is 0.641. The van der Waals surface area contributed by atoms with Crippen molar-refractivity contribution in [3.05, 3.63) is 52.3 Å². The zero-order chi connectivity index (χ0) is 17.8. The molecule has 4 nitrogen and oxygen atoms in total. The third-order valence-corrected chi connectivity index (χ3v) is 5.94. The summed E-state index contributed by atoms with van der Waals surface area (Å²) in [5, 5.41) is 7.68. The van der Waals surface area contributed by atoms with E-state index < -0.39 is 0 Å². The predicted molar refractivity (Wildman–Crippen MR) is 108 cm³/mol. The fourth-order valence-corrected chi connectivity index (χ4v) is 4.27. The van der Waals surface area contributed by atoms with Gasteiger partial charge in [0.2, 0.25) is 0 Å². The van der Waals surface area contributed by atoms with E-state index in [1.165, 1.54) is 17.0 Å². The van der Waals surface area contributed by atoms with Gasteiger partial charge in [-0.2, -0.15) is 0 Å². The first kappa shape index (κ1) is 17.6. The molecule has 0 unspecified atom stereocenters. The highest BCUT2D eigenvalue weighted by molar-refractivity contribution is 7.20. The molecule has 0 aliphatic rings. The number of hydrogen-bond acceptors (Lipinski definition) is 5. The summed E-state index contributed by atoms with van der Waals surface area (Å²) in [4.78, 5) is 20.3. The Bertz CT molecular complexity index is 851. The molecule has 3 rings (SSSR count). The summed E-state index contributed by atoms with van der Waals surface area (Å²) in [6.45, 7) is 8.22. The first-order chi connectivity index (χ1) is 12.1. The van der Waals surface area contributed by atoms with Crippen LogP contribution in [0.25, 0.3) is 9.88 Å². The van der Waals surface area contributed by atoms with Crippen LogP contribution in [0.4, 0.5) is 11.4 Å². The normalized spacial score (nSPS) is 10.7. The van der Waals surface area contributed by atoms with Crippen molar-refractivity contribution in [2.75, 3.05) is 23.3 Å².